The molecule has 0 radical (unpaired) electrons. The Morgan fingerprint density at radius 1 is 1.48 bits per heavy atom. The van der Waals surface area contributed by atoms with Crippen molar-refractivity contribution in [2.24, 2.45) is 0 Å². The van der Waals surface area contributed by atoms with Gasteiger partial charge in [-0.2, -0.15) is 5.10 Å². The Kier molecular flexibility index (Phi) is 5.45. The van der Waals surface area contributed by atoms with Crippen LogP contribution in [0.1, 0.15) is 35.1 Å². The zero-order valence-electron chi connectivity index (χ0n) is 12.1. The number of aryl methyl sites for hydroxylation is 1. The highest BCUT2D eigenvalue weighted by Crippen LogP contribution is 2.09. The lowest BCUT2D eigenvalue weighted by Crippen LogP contribution is -2.33. The molecule has 0 aliphatic carbocycles. The zero-order valence-corrected chi connectivity index (χ0v) is 12.1. The number of hydrogen-bond acceptors (Lipinski definition) is 4. The van der Waals surface area contributed by atoms with Crippen LogP contribution in [0.2, 0.25) is 0 Å². The molecule has 2 rings (SSSR count). The first-order chi connectivity index (χ1) is 10.2. The molecule has 0 atom stereocenters. The van der Waals surface area contributed by atoms with Gasteiger partial charge in [0.15, 0.2) is 0 Å². The van der Waals surface area contributed by atoms with E-state index in [0.717, 1.165) is 24.1 Å². The average molecular weight is 288 g/mol. The summed E-state index contributed by atoms with van der Waals surface area (Å²) in [5.74, 6) is -0.188. The second kappa shape index (κ2) is 7.54. The summed E-state index contributed by atoms with van der Waals surface area (Å²) < 4.78 is 0. The summed E-state index contributed by atoms with van der Waals surface area (Å²) in [5, 5.41) is 16.1. The highest BCUT2D eigenvalue weighted by atomic mass is 16.3. The van der Waals surface area contributed by atoms with Gasteiger partial charge >= 0.3 is 0 Å². The molecule has 0 saturated heterocycles. The molecule has 0 saturated carbocycles. The molecule has 2 aromatic rings. The Balaban J connectivity index is 2.10. The van der Waals surface area contributed by atoms with Crippen molar-refractivity contribution in [2.45, 2.75) is 26.3 Å². The molecule has 0 aliphatic rings. The second-order valence-electron chi connectivity index (χ2n) is 4.84. The first-order valence-corrected chi connectivity index (χ1v) is 7.08. The van der Waals surface area contributed by atoms with E-state index in [1.54, 1.807) is 23.4 Å². The van der Waals surface area contributed by atoms with E-state index in [2.05, 4.69) is 22.1 Å². The number of aliphatic hydroxyl groups is 1. The van der Waals surface area contributed by atoms with Crippen LogP contribution in [0.4, 0.5) is 0 Å². The van der Waals surface area contributed by atoms with Gasteiger partial charge in [0.25, 0.3) is 5.91 Å². The smallest absolute Gasteiger partial charge is 0.274 e. The maximum Gasteiger partial charge on any atom is 0.274 e. The van der Waals surface area contributed by atoms with Crippen molar-refractivity contribution < 1.29 is 9.90 Å². The Labute approximate surface area is 123 Å². The number of hydrogen-bond donors (Lipinski definition) is 2. The number of nitrogens with zero attached hydrogens (tertiary/aromatic N) is 3. The van der Waals surface area contributed by atoms with Crippen molar-refractivity contribution in [3.63, 3.8) is 0 Å². The highest BCUT2D eigenvalue weighted by Gasteiger charge is 2.18. The van der Waals surface area contributed by atoms with Crippen molar-refractivity contribution in [1.29, 1.82) is 0 Å². The number of aliphatic hydroxyl groups excluding tert-OH is 1. The summed E-state index contributed by atoms with van der Waals surface area (Å²) in [5.41, 5.74) is 2.26. The molecule has 21 heavy (non-hydrogen) atoms. The third-order valence-electron chi connectivity index (χ3n) is 3.12. The van der Waals surface area contributed by atoms with Crippen LogP contribution in [-0.2, 0) is 13.0 Å². The van der Waals surface area contributed by atoms with Crippen LogP contribution in [0.15, 0.2) is 30.6 Å². The van der Waals surface area contributed by atoms with Crippen molar-refractivity contribution in [2.75, 3.05) is 13.2 Å². The van der Waals surface area contributed by atoms with E-state index in [1.807, 2.05) is 12.1 Å². The molecule has 2 N–H and O–H groups in total. The monoisotopic (exact) mass is 288 g/mol. The molecule has 2 heterocycles. The molecule has 0 unspecified atom stereocenters. The number of rotatable bonds is 7. The van der Waals surface area contributed by atoms with Gasteiger partial charge in [-0.25, -0.2) is 0 Å². The molecule has 2 aromatic heterocycles. The predicted octanol–water partition coefficient (Wildman–Crippen LogP) is 1.39. The molecule has 0 spiro atoms. The fraction of sp³-hybridized carbons (Fsp3) is 0.400. The van der Waals surface area contributed by atoms with Gasteiger partial charge in [0, 0.05) is 31.2 Å². The molecule has 1 amide bonds. The summed E-state index contributed by atoms with van der Waals surface area (Å²) in [6, 6.07) is 5.50. The number of carbonyl (C=O) groups is 1. The Hall–Kier alpha value is -2.21. The number of aromatic nitrogens is 3. The van der Waals surface area contributed by atoms with Crippen molar-refractivity contribution in [1.82, 2.24) is 20.1 Å². The van der Waals surface area contributed by atoms with Gasteiger partial charge in [0.05, 0.1) is 6.61 Å². The van der Waals surface area contributed by atoms with Gasteiger partial charge in [0.2, 0.25) is 0 Å². The Bertz CT molecular complexity index is 568. The van der Waals surface area contributed by atoms with E-state index in [9.17, 15) is 4.79 Å². The van der Waals surface area contributed by atoms with Gasteiger partial charge in [-0.15, -0.1) is 0 Å². The van der Waals surface area contributed by atoms with Crippen molar-refractivity contribution >= 4 is 5.91 Å². The predicted molar refractivity (Wildman–Crippen MR) is 78.6 cm³/mol. The minimum absolute atomic E-state index is 0.0851. The van der Waals surface area contributed by atoms with Crippen LogP contribution in [-0.4, -0.2) is 44.2 Å². The van der Waals surface area contributed by atoms with Crippen molar-refractivity contribution in [3.05, 3.63) is 47.5 Å². The van der Waals surface area contributed by atoms with Gasteiger partial charge < -0.3 is 10.0 Å². The molecule has 0 fully saturated rings. The van der Waals surface area contributed by atoms with E-state index < -0.39 is 0 Å². The number of carbonyl (C=O) groups excluding carboxylic acids is 1. The molecule has 0 bridgehead atoms. The summed E-state index contributed by atoms with van der Waals surface area (Å²) in [6.07, 6.45) is 5.26. The second-order valence-corrected chi connectivity index (χ2v) is 4.84. The highest BCUT2D eigenvalue weighted by molar-refractivity contribution is 5.92. The fourth-order valence-corrected chi connectivity index (χ4v) is 2.12. The molecule has 6 nitrogen and oxygen atoms in total. The summed E-state index contributed by atoms with van der Waals surface area (Å²) in [6.45, 7) is 2.66. The van der Waals surface area contributed by atoms with Crippen LogP contribution >= 0.6 is 0 Å². The molecular weight excluding hydrogens is 268 g/mol. The average Bonchev–Trinajstić information content (AvgIpc) is 2.96. The molecule has 0 aliphatic heterocycles. The SMILES string of the molecule is CCCc1cc(C(=O)N(CCO)Cc2cccnc2)n[nH]1. The largest absolute Gasteiger partial charge is 0.395 e. The summed E-state index contributed by atoms with van der Waals surface area (Å²) in [7, 11) is 0. The normalized spacial score (nSPS) is 10.6. The number of nitrogens with one attached hydrogen (secondary N) is 1. The van der Waals surface area contributed by atoms with Crippen LogP contribution in [0, 0.1) is 0 Å². The quantitative estimate of drug-likeness (QED) is 0.806. The zero-order chi connectivity index (χ0) is 15.1. The number of pyridine rings is 1. The third-order valence-corrected chi connectivity index (χ3v) is 3.12. The van der Waals surface area contributed by atoms with E-state index in [1.165, 1.54) is 0 Å². The number of H-pyrrole nitrogens is 1. The Morgan fingerprint density at radius 3 is 3.00 bits per heavy atom. The van der Waals surface area contributed by atoms with Gasteiger partial charge in [-0.05, 0) is 24.1 Å². The van der Waals surface area contributed by atoms with Crippen LogP contribution in [0.3, 0.4) is 0 Å². The van der Waals surface area contributed by atoms with E-state index in [0.29, 0.717) is 12.2 Å². The first-order valence-electron chi connectivity index (χ1n) is 7.08. The lowest BCUT2D eigenvalue weighted by Gasteiger charge is -2.20. The van der Waals surface area contributed by atoms with Gasteiger partial charge in [0.1, 0.15) is 5.69 Å². The maximum atomic E-state index is 12.5. The van der Waals surface area contributed by atoms with E-state index in [4.69, 9.17) is 5.11 Å². The minimum Gasteiger partial charge on any atom is -0.395 e. The topological polar surface area (TPSA) is 82.1 Å². The number of amides is 1. The third kappa shape index (κ3) is 4.13. The molecule has 112 valence electrons. The summed E-state index contributed by atoms with van der Waals surface area (Å²) >= 11 is 0. The van der Waals surface area contributed by atoms with Crippen LogP contribution < -0.4 is 0 Å². The first kappa shape index (κ1) is 15.2. The van der Waals surface area contributed by atoms with Gasteiger partial charge in [-0.1, -0.05) is 19.4 Å². The van der Waals surface area contributed by atoms with Crippen molar-refractivity contribution in [3.8, 4) is 0 Å². The summed E-state index contributed by atoms with van der Waals surface area (Å²) in [4.78, 5) is 18.1. The number of aromatic amines is 1. The standard InChI is InChI=1S/C15H20N4O2/c1-2-4-13-9-14(18-17-13)15(21)19(7-8-20)11-12-5-3-6-16-10-12/h3,5-6,9-10,20H,2,4,7-8,11H2,1H3,(H,17,18). The van der Waals surface area contributed by atoms with E-state index in [-0.39, 0.29) is 19.1 Å². The lowest BCUT2D eigenvalue weighted by molar-refractivity contribution is 0.0701. The minimum atomic E-state index is -0.188. The van der Waals surface area contributed by atoms with Gasteiger partial charge in [-0.3, -0.25) is 14.9 Å². The molecule has 0 aromatic carbocycles. The fourth-order valence-electron chi connectivity index (χ4n) is 2.12. The molecular formula is C15H20N4O2. The van der Waals surface area contributed by atoms with Crippen LogP contribution in [0.25, 0.3) is 0 Å². The Morgan fingerprint density at radius 2 is 2.33 bits per heavy atom. The molecule has 6 heteroatoms. The van der Waals surface area contributed by atoms with E-state index >= 15 is 0 Å². The maximum absolute atomic E-state index is 12.5. The lowest BCUT2D eigenvalue weighted by atomic mass is 10.2. The van der Waals surface area contributed by atoms with Crippen LogP contribution in [0.5, 0.6) is 0 Å².